The second-order valence-corrected chi connectivity index (χ2v) is 5.29. The average Bonchev–Trinajstić information content (AvgIpc) is 2.46. The minimum atomic E-state index is -0.743. The molecule has 110 valence electrons. The second-order valence-electron chi connectivity index (χ2n) is 5.29. The van der Waals surface area contributed by atoms with Crippen molar-refractivity contribution in [1.29, 1.82) is 0 Å². The van der Waals surface area contributed by atoms with Gasteiger partial charge in [0.25, 0.3) is 5.69 Å². The van der Waals surface area contributed by atoms with Gasteiger partial charge in [-0.1, -0.05) is 12.1 Å². The lowest BCUT2D eigenvalue weighted by Gasteiger charge is -2.33. The van der Waals surface area contributed by atoms with Crippen molar-refractivity contribution in [3.63, 3.8) is 0 Å². The maximum atomic E-state index is 10.8. The quantitative estimate of drug-likeness (QED) is 0.634. The van der Waals surface area contributed by atoms with Crippen molar-refractivity contribution in [1.82, 2.24) is 5.32 Å². The summed E-state index contributed by atoms with van der Waals surface area (Å²) < 4.78 is 5.24. The van der Waals surface area contributed by atoms with Gasteiger partial charge in [-0.25, -0.2) is 0 Å². The summed E-state index contributed by atoms with van der Waals surface area (Å²) in [5, 5.41) is 24.4. The molecule has 1 unspecified atom stereocenters. The van der Waals surface area contributed by atoms with E-state index in [-0.39, 0.29) is 11.7 Å². The average molecular weight is 280 g/mol. The van der Waals surface area contributed by atoms with Crippen molar-refractivity contribution in [2.24, 2.45) is 0 Å². The minimum absolute atomic E-state index is 0.0539. The first-order valence-corrected chi connectivity index (χ1v) is 6.78. The number of nitrogens with zero attached hydrogens (tertiary/aromatic N) is 1. The van der Waals surface area contributed by atoms with Crippen LogP contribution in [-0.4, -0.2) is 35.4 Å². The van der Waals surface area contributed by atoms with Crippen molar-refractivity contribution in [3.8, 4) is 0 Å². The number of ether oxygens (including phenoxy) is 1. The Balaban J connectivity index is 1.96. The SMILES string of the molecule is CC(NCC1(O)CCOCC1)c1cccc([N+](=O)[O-])c1. The highest BCUT2D eigenvalue weighted by atomic mass is 16.6. The Labute approximate surface area is 117 Å². The van der Waals surface area contributed by atoms with Gasteiger partial charge in [-0.2, -0.15) is 0 Å². The molecule has 1 aliphatic heterocycles. The van der Waals surface area contributed by atoms with Crippen molar-refractivity contribution < 1.29 is 14.8 Å². The van der Waals surface area contributed by atoms with Gasteiger partial charge in [0.15, 0.2) is 0 Å². The molecule has 0 amide bonds. The van der Waals surface area contributed by atoms with Crippen molar-refractivity contribution in [3.05, 3.63) is 39.9 Å². The number of nitrogens with one attached hydrogen (secondary N) is 1. The Morgan fingerprint density at radius 1 is 1.50 bits per heavy atom. The van der Waals surface area contributed by atoms with Gasteiger partial charge in [0, 0.05) is 50.8 Å². The smallest absolute Gasteiger partial charge is 0.269 e. The summed E-state index contributed by atoms with van der Waals surface area (Å²) in [5.41, 5.74) is 0.184. The standard InChI is InChI=1S/C14H20N2O4/c1-11(12-3-2-4-13(9-12)16(18)19)15-10-14(17)5-7-20-8-6-14/h2-4,9,11,15,17H,5-8,10H2,1H3. The molecule has 1 heterocycles. The number of aliphatic hydroxyl groups is 1. The lowest BCUT2D eigenvalue weighted by molar-refractivity contribution is -0.384. The first-order chi connectivity index (χ1) is 9.50. The minimum Gasteiger partial charge on any atom is -0.388 e. The molecule has 2 rings (SSSR count). The highest BCUT2D eigenvalue weighted by molar-refractivity contribution is 5.35. The Morgan fingerprint density at radius 2 is 2.20 bits per heavy atom. The Hall–Kier alpha value is -1.50. The Kier molecular flexibility index (Phi) is 4.69. The fourth-order valence-electron chi connectivity index (χ4n) is 2.30. The molecule has 1 aromatic rings. The van der Waals surface area contributed by atoms with Crippen molar-refractivity contribution in [2.75, 3.05) is 19.8 Å². The summed E-state index contributed by atoms with van der Waals surface area (Å²) in [6.45, 7) is 3.54. The lowest BCUT2D eigenvalue weighted by Crippen LogP contribution is -2.45. The molecule has 20 heavy (non-hydrogen) atoms. The number of benzene rings is 1. The molecule has 1 atom stereocenters. The Morgan fingerprint density at radius 3 is 2.85 bits per heavy atom. The van der Waals surface area contributed by atoms with Gasteiger partial charge in [0.2, 0.25) is 0 Å². The van der Waals surface area contributed by atoms with E-state index in [1.54, 1.807) is 12.1 Å². The maximum absolute atomic E-state index is 10.8. The van der Waals surface area contributed by atoms with Crippen LogP contribution in [0.4, 0.5) is 5.69 Å². The second kappa shape index (κ2) is 6.30. The Bertz CT molecular complexity index is 472. The summed E-state index contributed by atoms with van der Waals surface area (Å²) in [6, 6.07) is 6.50. The van der Waals surface area contributed by atoms with E-state index >= 15 is 0 Å². The van der Waals surface area contributed by atoms with E-state index in [2.05, 4.69) is 5.32 Å². The highest BCUT2D eigenvalue weighted by Gasteiger charge is 2.29. The van der Waals surface area contributed by atoms with Crippen molar-refractivity contribution in [2.45, 2.75) is 31.4 Å². The molecule has 1 fully saturated rings. The lowest BCUT2D eigenvalue weighted by atomic mass is 9.94. The largest absolute Gasteiger partial charge is 0.388 e. The molecule has 6 nitrogen and oxygen atoms in total. The van der Waals surface area contributed by atoms with E-state index in [1.165, 1.54) is 6.07 Å². The molecule has 0 bridgehead atoms. The number of nitro groups is 1. The van der Waals surface area contributed by atoms with Gasteiger partial charge < -0.3 is 15.2 Å². The molecule has 1 aromatic carbocycles. The van der Waals surface area contributed by atoms with Crippen LogP contribution in [0.2, 0.25) is 0 Å². The van der Waals surface area contributed by atoms with E-state index in [4.69, 9.17) is 4.74 Å². The molecule has 0 spiro atoms. The zero-order valence-electron chi connectivity index (χ0n) is 11.5. The van der Waals surface area contributed by atoms with E-state index in [0.29, 0.717) is 32.6 Å². The molecule has 0 aromatic heterocycles. The summed E-state index contributed by atoms with van der Waals surface area (Å²) >= 11 is 0. The van der Waals surface area contributed by atoms with Crippen LogP contribution in [0.5, 0.6) is 0 Å². The van der Waals surface area contributed by atoms with E-state index < -0.39 is 10.5 Å². The highest BCUT2D eigenvalue weighted by Crippen LogP contribution is 2.22. The van der Waals surface area contributed by atoms with Crippen LogP contribution in [0.3, 0.4) is 0 Å². The topological polar surface area (TPSA) is 84.6 Å². The third-order valence-corrected chi connectivity index (χ3v) is 3.74. The molecule has 2 N–H and O–H groups in total. The van der Waals surface area contributed by atoms with Crippen LogP contribution in [0.1, 0.15) is 31.4 Å². The molecule has 1 aliphatic rings. The van der Waals surface area contributed by atoms with E-state index in [1.807, 2.05) is 13.0 Å². The van der Waals surface area contributed by atoms with E-state index in [0.717, 1.165) is 5.56 Å². The molecule has 0 saturated carbocycles. The van der Waals surface area contributed by atoms with Gasteiger partial charge in [-0.15, -0.1) is 0 Å². The van der Waals surface area contributed by atoms with Gasteiger partial charge in [0.1, 0.15) is 0 Å². The van der Waals surface area contributed by atoms with Crippen LogP contribution in [0, 0.1) is 10.1 Å². The van der Waals surface area contributed by atoms with E-state index in [9.17, 15) is 15.2 Å². The molecule has 1 saturated heterocycles. The van der Waals surface area contributed by atoms with Crippen molar-refractivity contribution >= 4 is 5.69 Å². The zero-order valence-corrected chi connectivity index (χ0v) is 11.5. The summed E-state index contributed by atoms with van der Waals surface area (Å²) in [4.78, 5) is 10.4. The zero-order chi connectivity index (χ0) is 14.6. The fourth-order valence-corrected chi connectivity index (χ4v) is 2.30. The van der Waals surface area contributed by atoms with Gasteiger partial charge in [0.05, 0.1) is 10.5 Å². The molecule has 6 heteroatoms. The predicted octanol–water partition coefficient (Wildman–Crippen LogP) is 1.79. The maximum Gasteiger partial charge on any atom is 0.269 e. The fraction of sp³-hybridized carbons (Fsp3) is 0.571. The molecule has 0 aliphatic carbocycles. The van der Waals surface area contributed by atoms with Gasteiger partial charge in [-0.3, -0.25) is 10.1 Å². The predicted molar refractivity (Wildman–Crippen MR) is 74.5 cm³/mol. The normalized spacial score (nSPS) is 19.5. The van der Waals surface area contributed by atoms with Crippen LogP contribution in [0.25, 0.3) is 0 Å². The summed E-state index contributed by atoms with van der Waals surface area (Å²) in [7, 11) is 0. The first-order valence-electron chi connectivity index (χ1n) is 6.78. The molecular weight excluding hydrogens is 260 g/mol. The van der Waals surface area contributed by atoms with Crippen LogP contribution >= 0.6 is 0 Å². The van der Waals surface area contributed by atoms with Crippen LogP contribution in [-0.2, 0) is 4.74 Å². The third kappa shape index (κ3) is 3.75. The number of non-ortho nitro benzene ring substituents is 1. The van der Waals surface area contributed by atoms with Gasteiger partial charge in [-0.05, 0) is 12.5 Å². The number of hydrogen-bond donors (Lipinski definition) is 2. The van der Waals surface area contributed by atoms with Gasteiger partial charge >= 0.3 is 0 Å². The summed E-state index contributed by atoms with van der Waals surface area (Å²) in [6.07, 6.45) is 1.23. The molecular formula is C14H20N2O4. The number of rotatable bonds is 5. The number of hydrogen-bond acceptors (Lipinski definition) is 5. The first kappa shape index (κ1) is 14.9. The van der Waals surface area contributed by atoms with Crippen LogP contribution < -0.4 is 5.32 Å². The van der Waals surface area contributed by atoms with Crippen LogP contribution in [0.15, 0.2) is 24.3 Å². The third-order valence-electron chi connectivity index (χ3n) is 3.74. The number of nitro benzene ring substituents is 1. The molecule has 0 radical (unpaired) electrons. The summed E-state index contributed by atoms with van der Waals surface area (Å²) in [5.74, 6) is 0. The monoisotopic (exact) mass is 280 g/mol.